The van der Waals surface area contributed by atoms with E-state index in [0.29, 0.717) is 47.7 Å². The summed E-state index contributed by atoms with van der Waals surface area (Å²) in [5, 5.41) is 35.2. The molecule has 3 aliphatic rings. The van der Waals surface area contributed by atoms with E-state index < -0.39 is 0 Å². The van der Waals surface area contributed by atoms with Crippen LogP contribution in [0.1, 0.15) is 37.7 Å². The first-order valence-corrected chi connectivity index (χ1v) is 16.2. The smallest absolute Gasteiger partial charge is 0.247 e. The van der Waals surface area contributed by atoms with Gasteiger partial charge in [-0.1, -0.05) is 23.7 Å². The first kappa shape index (κ1) is 30.0. The van der Waals surface area contributed by atoms with Crippen molar-refractivity contribution in [1.82, 2.24) is 34.6 Å². The van der Waals surface area contributed by atoms with Gasteiger partial charge in [-0.3, -0.25) is 9.48 Å². The van der Waals surface area contributed by atoms with Crippen molar-refractivity contribution >= 4 is 40.5 Å². The number of hydrogen-bond donors (Lipinski definition) is 2. The van der Waals surface area contributed by atoms with E-state index in [9.17, 15) is 15.3 Å². The van der Waals surface area contributed by atoms with Crippen LogP contribution in [0, 0.1) is 34.0 Å². The number of fused-ring (bicyclic) bond motifs is 1. The first-order chi connectivity index (χ1) is 22.4. The second-order valence-electron chi connectivity index (χ2n) is 13.0. The van der Waals surface area contributed by atoms with Gasteiger partial charge in [0.1, 0.15) is 6.54 Å². The lowest BCUT2D eigenvalue weighted by molar-refractivity contribution is -0.133. The molecule has 46 heavy (non-hydrogen) atoms. The van der Waals surface area contributed by atoms with Crippen LogP contribution in [-0.4, -0.2) is 74.5 Å². The van der Waals surface area contributed by atoms with Gasteiger partial charge in [0.25, 0.3) is 0 Å². The number of benzene rings is 1. The molecule has 0 radical (unpaired) electrons. The summed E-state index contributed by atoms with van der Waals surface area (Å²) < 4.78 is 3.38. The predicted molar refractivity (Wildman–Crippen MR) is 174 cm³/mol. The Kier molecular flexibility index (Phi) is 8.01. The summed E-state index contributed by atoms with van der Waals surface area (Å²) >= 11 is 6.27. The Bertz CT molecular complexity index is 1820. The summed E-state index contributed by atoms with van der Waals surface area (Å²) in [7, 11) is 0. The molecular formula is C33H36ClN11O. The molecule has 0 atom stereocenters. The Balaban J connectivity index is 0.937. The van der Waals surface area contributed by atoms with Crippen LogP contribution in [0.5, 0.6) is 0 Å². The van der Waals surface area contributed by atoms with E-state index in [4.69, 9.17) is 16.6 Å². The number of rotatable bonds is 11. The van der Waals surface area contributed by atoms with Crippen molar-refractivity contribution in [1.29, 1.82) is 10.5 Å². The van der Waals surface area contributed by atoms with Crippen LogP contribution in [0.25, 0.3) is 5.65 Å². The number of pyridine rings is 1. The molecule has 13 heteroatoms. The highest BCUT2D eigenvalue weighted by Crippen LogP contribution is 2.44. The molecule has 2 aliphatic heterocycles. The van der Waals surface area contributed by atoms with Gasteiger partial charge in [0, 0.05) is 62.0 Å². The average Bonchev–Trinajstić information content (AvgIpc) is 3.49. The van der Waals surface area contributed by atoms with Gasteiger partial charge in [-0.25, -0.2) is 4.52 Å². The summed E-state index contributed by atoms with van der Waals surface area (Å²) in [5.74, 6) is 1.01. The molecule has 1 amide bonds. The Morgan fingerprint density at radius 1 is 1.13 bits per heavy atom. The molecule has 12 nitrogen and oxygen atoms in total. The summed E-state index contributed by atoms with van der Waals surface area (Å²) in [6.45, 7) is 4.68. The van der Waals surface area contributed by atoms with Gasteiger partial charge < -0.3 is 20.4 Å². The predicted octanol–water partition coefficient (Wildman–Crippen LogP) is 4.13. The maximum Gasteiger partial charge on any atom is 0.247 e. The minimum absolute atomic E-state index is 0.0535. The second kappa shape index (κ2) is 12.3. The second-order valence-corrected chi connectivity index (χ2v) is 13.4. The first-order valence-electron chi connectivity index (χ1n) is 15.8. The van der Waals surface area contributed by atoms with E-state index in [-0.39, 0.29) is 23.3 Å². The fourth-order valence-electron chi connectivity index (χ4n) is 6.68. The highest BCUT2D eigenvalue weighted by molar-refractivity contribution is 6.30. The molecule has 2 N–H and O–H groups in total. The largest absolute Gasteiger partial charge is 0.366 e. The Hall–Kier alpha value is -4.65. The van der Waals surface area contributed by atoms with Gasteiger partial charge in [0.05, 0.1) is 35.1 Å². The Morgan fingerprint density at radius 2 is 1.96 bits per heavy atom. The maximum absolute atomic E-state index is 13.0. The van der Waals surface area contributed by atoms with E-state index in [1.165, 1.54) is 0 Å². The number of hydrogen-bond acceptors (Lipinski definition) is 9. The van der Waals surface area contributed by atoms with E-state index in [1.807, 2.05) is 47.5 Å². The van der Waals surface area contributed by atoms with E-state index in [0.717, 1.165) is 63.1 Å². The van der Waals surface area contributed by atoms with E-state index in [1.54, 1.807) is 21.6 Å². The summed E-state index contributed by atoms with van der Waals surface area (Å²) in [6, 6.07) is 16.5. The third-order valence-electron chi connectivity index (χ3n) is 9.66. The quantitative estimate of drug-likeness (QED) is 0.248. The number of halogens is 1. The SMILES string of the molecule is N#CCC1(c2cccc(Cl)c2)CN(c2cccn3nc(Nc4cnn(CC(=O)N5CCC(CNCC6(C#N)CC6)CC5)c4)nc23)C1. The summed E-state index contributed by atoms with van der Waals surface area (Å²) in [6.07, 6.45) is 9.64. The molecule has 0 bridgehead atoms. The van der Waals surface area contributed by atoms with Crippen molar-refractivity contribution in [3.05, 3.63) is 65.6 Å². The van der Waals surface area contributed by atoms with Gasteiger partial charge in [0.2, 0.25) is 11.9 Å². The number of amides is 1. The molecule has 4 aromatic rings. The molecule has 2 saturated heterocycles. The molecule has 236 valence electrons. The number of aromatic nitrogens is 5. The highest BCUT2D eigenvalue weighted by atomic mass is 35.5. The molecule has 7 rings (SSSR count). The number of nitrogens with zero attached hydrogens (tertiary/aromatic N) is 9. The number of carbonyl (C=O) groups is 1. The minimum Gasteiger partial charge on any atom is -0.366 e. The number of anilines is 3. The van der Waals surface area contributed by atoms with Crippen molar-refractivity contribution in [3.8, 4) is 12.1 Å². The zero-order chi connectivity index (χ0) is 31.7. The molecule has 0 spiro atoms. The standard InChI is InChI=1S/C33H36ClN11O/c34-26-4-1-3-25(15-26)33(10-11-35)22-43(23-33)28-5-2-12-45-30(28)40-31(41-45)39-27-17-38-44(18-27)19-29(46)42-13-6-24(7-14-42)16-37-21-32(20-36)8-9-32/h1-5,12,15,17-18,24,37H,6-10,13-14,16,19,21-23H2,(H,39,41). The molecule has 3 aromatic heterocycles. The number of piperidine rings is 1. The molecule has 5 heterocycles. The Morgan fingerprint density at radius 3 is 2.70 bits per heavy atom. The zero-order valence-corrected chi connectivity index (χ0v) is 26.3. The van der Waals surface area contributed by atoms with Crippen LogP contribution in [-0.2, 0) is 16.8 Å². The molecule has 0 unspecified atom stereocenters. The fourth-order valence-corrected chi connectivity index (χ4v) is 6.87. The number of likely N-dealkylation sites (tertiary alicyclic amines) is 1. The molecule has 1 saturated carbocycles. The molecular weight excluding hydrogens is 602 g/mol. The normalized spacial score (nSPS) is 18.5. The van der Waals surface area contributed by atoms with Crippen LogP contribution in [0.15, 0.2) is 55.0 Å². The van der Waals surface area contributed by atoms with E-state index >= 15 is 0 Å². The van der Waals surface area contributed by atoms with Gasteiger partial charge in [-0.15, -0.1) is 5.10 Å². The third kappa shape index (κ3) is 6.11. The highest BCUT2D eigenvalue weighted by Gasteiger charge is 2.45. The van der Waals surface area contributed by atoms with Crippen molar-refractivity contribution in [2.24, 2.45) is 11.3 Å². The lowest BCUT2D eigenvalue weighted by atomic mass is 9.71. The topological polar surface area (TPSA) is 143 Å². The lowest BCUT2D eigenvalue weighted by Crippen LogP contribution is -2.59. The number of nitriles is 2. The van der Waals surface area contributed by atoms with Crippen LogP contribution >= 0.6 is 11.6 Å². The lowest BCUT2D eigenvalue weighted by Gasteiger charge is -2.50. The monoisotopic (exact) mass is 637 g/mol. The summed E-state index contributed by atoms with van der Waals surface area (Å²) in [5.41, 5.74) is 3.00. The van der Waals surface area contributed by atoms with Crippen molar-refractivity contribution in [3.63, 3.8) is 0 Å². The van der Waals surface area contributed by atoms with Crippen LogP contribution < -0.4 is 15.5 Å². The van der Waals surface area contributed by atoms with Crippen LogP contribution in [0.3, 0.4) is 0 Å². The number of nitrogens with one attached hydrogen (secondary N) is 2. The van der Waals surface area contributed by atoms with Gasteiger partial charge in [-0.05, 0) is 68.0 Å². The van der Waals surface area contributed by atoms with E-state index in [2.05, 4.69) is 37.9 Å². The van der Waals surface area contributed by atoms with Crippen molar-refractivity contribution in [2.75, 3.05) is 49.5 Å². The van der Waals surface area contributed by atoms with Crippen molar-refractivity contribution < 1.29 is 4.79 Å². The van der Waals surface area contributed by atoms with Gasteiger partial charge >= 0.3 is 0 Å². The maximum atomic E-state index is 13.0. The Labute approximate surface area is 272 Å². The minimum atomic E-state index is -0.287. The number of carbonyl (C=O) groups excluding carboxylic acids is 1. The van der Waals surface area contributed by atoms with Gasteiger partial charge in [-0.2, -0.15) is 20.6 Å². The molecule has 1 aromatic carbocycles. The van der Waals surface area contributed by atoms with Crippen LogP contribution in [0.4, 0.5) is 17.3 Å². The summed E-state index contributed by atoms with van der Waals surface area (Å²) in [4.78, 5) is 21.9. The fraction of sp³-hybridized carbons (Fsp3) is 0.455. The third-order valence-corrected chi connectivity index (χ3v) is 9.90. The molecule has 1 aliphatic carbocycles. The average molecular weight is 638 g/mol. The van der Waals surface area contributed by atoms with Crippen molar-refractivity contribution in [2.45, 2.75) is 44.1 Å². The molecule has 3 fully saturated rings. The zero-order valence-electron chi connectivity index (χ0n) is 25.6. The van der Waals surface area contributed by atoms with Crippen LogP contribution in [0.2, 0.25) is 5.02 Å². The van der Waals surface area contributed by atoms with Gasteiger partial charge in [0.15, 0.2) is 5.65 Å².